The number of carbonyl (C=O) groups is 2. The van der Waals surface area contributed by atoms with Crippen LogP contribution in [0.15, 0.2) is 0 Å². The molecule has 0 saturated heterocycles. The number of hydrogen-bond donors (Lipinski definition) is 0. The molecule has 0 atom stereocenters. The summed E-state index contributed by atoms with van der Waals surface area (Å²) >= 11 is 0. The summed E-state index contributed by atoms with van der Waals surface area (Å²) in [6.07, 6.45) is -46.5. The van der Waals surface area contributed by atoms with Crippen molar-refractivity contribution in [2.75, 3.05) is 0 Å². The Morgan fingerprint density at radius 3 is 0.692 bits per heavy atom. The average Bonchev–Trinajstić information content (AvgIpc) is 2.62. The molecule has 0 aliphatic carbocycles. The molecule has 0 bridgehead atoms. The van der Waals surface area contributed by atoms with Crippen LogP contribution in [0.1, 0.15) is 0 Å². The van der Waals surface area contributed by atoms with E-state index in [2.05, 4.69) is 0 Å². The third-order valence-corrected chi connectivity index (χ3v) is 3.43. The zero-order valence-corrected chi connectivity index (χ0v) is 16.4. The molecule has 0 saturated carbocycles. The van der Waals surface area contributed by atoms with Gasteiger partial charge in [0, 0.05) is 0 Å². The van der Waals surface area contributed by atoms with Gasteiger partial charge in [0.25, 0.3) is 0 Å². The summed E-state index contributed by atoms with van der Waals surface area (Å²) < 4.78 is 283. The van der Waals surface area contributed by atoms with E-state index < -0.39 is 72.4 Å². The minimum absolute atomic E-state index is 1.23. The molecule has 0 N–H and O–H groups in total. The first-order chi connectivity index (χ1) is 16.5. The Bertz CT molecular complexity index is 820. The highest BCUT2D eigenvalue weighted by Gasteiger charge is 2.82. The SMILES string of the molecule is O=C(OC(F)(C(F)(F)F)C(F)(F)F)C(F)(F)C(F)(F)OC(F)(F)C(F)(F)C(=O)OC(F)(C(F)(F)F)C(F)(F)F. The van der Waals surface area contributed by atoms with Crippen LogP contribution in [0.3, 0.4) is 0 Å². The van der Waals surface area contributed by atoms with Crippen LogP contribution in [0.5, 0.6) is 0 Å². The quantitative estimate of drug-likeness (QED) is 0.236. The molecule has 0 aliphatic rings. The van der Waals surface area contributed by atoms with Crippen molar-refractivity contribution in [1.29, 1.82) is 0 Å². The first-order valence-electron chi connectivity index (χ1n) is 7.79. The highest BCUT2D eigenvalue weighted by Crippen LogP contribution is 2.52. The van der Waals surface area contributed by atoms with E-state index in [1.807, 2.05) is 0 Å². The van der Waals surface area contributed by atoms with E-state index in [-0.39, 0.29) is 0 Å². The maximum atomic E-state index is 13.3. The molecule has 0 fully saturated rings. The Labute approximate surface area is 194 Å². The van der Waals surface area contributed by atoms with Crippen molar-refractivity contribution in [2.45, 2.75) is 60.5 Å². The number of alkyl halides is 22. The van der Waals surface area contributed by atoms with Gasteiger partial charge in [0.05, 0.1) is 0 Å². The molecular weight excluding hydrogens is 642 g/mol. The topological polar surface area (TPSA) is 61.8 Å². The lowest BCUT2D eigenvalue weighted by Gasteiger charge is -2.34. The van der Waals surface area contributed by atoms with Crippen LogP contribution in [-0.2, 0) is 23.8 Å². The maximum absolute atomic E-state index is 13.3. The van der Waals surface area contributed by atoms with Gasteiger partial charge in [-0.2, -0.15) is 96.6 Å². The van der Waals surface area contributed by atoms with E-state index in [1.54, 1.807) is 0 Å². The first kappa shape index (κ1) is 36.4. The Morgan fingerprint density at radius 1 is 0.359 bits per heavy atom. The Kier molecular flexibility index (Phi) is 8.84. The zero-order chi connectivity index (χ0) is 32.3. The van der Waals surface area contributed by atoms with E-state index in [4.69, 9.17) is 0 Å². The van der Waals surface area contributed by atoms with Crippen molar-refractivity contribution in [2.24, 2.45) is 0 Å². The van der Waals surface area contributed by atoms with Gasteiger partial charge < -0.3 is 9.47 Å². The second-order valence-corrected chi connectivity index (χ2v) is 6.24. The van der Waals surface area contributed by atoms with E-state index in [0.29, 0.717) is 0 Å². The largest absolute Gasteiger partial charge is 0.470 e. The van der Waals surface area contributed by atoms with Crippen molar-refractivity contribution in [3.63, 3.8) is 0 Å². The van der Waals surface area contributed by atoms with Gasteiger partial charge in [-0.25, -0.2) is 14.3 Å². The maximum Gasteiger partial charge on any atom is 0.470 e. The molecule has 0 spiro atoms. The predicted molar refractivity (Wildman–Crippen MR) is 65.0 cm³/mol. The van der Waals surface area contributed by atoms with Crippen LogP contribution in [0.25, 0.3) is 0 Å². The Balaban J connectivity index is 6.37. The summed E-state index contributed by atoms with van der Waals surface area (Å²) in [5, 5.41) is 0. The number of halogens is 22. The van der Waals surface area contributed by atoms with Crippen LogP contribution < -0.4 is 0 Å². The molecule has 0 unspecified atom stereocenters. The van der Waals surface area contributed by atoms with Crippen LogP contribution in [0.4, 0.5) is 96.6 Å². The van der Waals surface area contributed by atoms with E-state index in [9.17, 15) is 106 Å². The van der Waals surface area contributed by atoms with Crippen LogP contribution in [0, 0.1) is 0 Å². The third-order valence-electron chi connectivity index (χ3n) is 3.43. The van der Waals surface area contributed by atoms with Gasteiger partial charge in [0.1, 0.15) is 0 Å². The van der Waals surface area contributed by atoms with Gasteiger partial charge in [0.15, 0.2) is 0 Å². The second kappa shape index (κ2) is 9.48. The fourth-order valence-corrected chi connectivity index (χ4v) is 1.46. The summed E-state index contributed by atoms with van der Waals surface area (Å²) in [6.45, 7) is 0. The third kappa shape index (κ3) is 6.25. The summed E-state index contributed by atoms with van der Waals surface area (Å²) in [5.74, 6) is -41.3. The van der Waals surface area contributed by atoms with Crippen LogP contribution in [0.2, 0.25) is 0 Å². The summed E-state index contributed by atoms with van der Waals surface area (Å²) in [6, 6.07) is 0. The molecule has 0 heterocycles. The van der Waals surface area contributed by atoms with Gasteiger partial charge in [-0.15, -0.1) is 0 Å². The summed E-state index contributed by atoms with van der Waals surface area (Å²) in [4.78, 5) is 21.4. The second-order valence-electron chi connectivity index (χ2n) is 6.24. The highest BCUT2D eigenvalue weighted by molar-refractivity contribution is 5.80. The number of esters is 2. The average molecular weight is 642 g/mol. The Morgan fingerprint density at radius 2 is 0.538 bits per heavy atom. The lowest BCUT2D eigenvalue weighted by atomic mass is 10.2. The lowest BCUT2D eigenvalue weighted by molar-refractivity contribution is -0.467. The molecule has 27 heteroatoms. The van der Waals surface area contributed by atoms with Gasteiger partial charge in [0.2, 0.25) is 0 Å². The molecule has 0 aromatic heterocycles. The molecule has 39 heavy (non-hydrogen) atoms. The van der Waals surface area contributed by atoms with Gasteiger partial charge in [-0.1, -0.05) is 0 Å². The summed E-state index contributed by atoms with van der Waals surface area (Å²) in [5.41, 5.74) is 0. The van der Waals surface area contributed by atoms with Crippen molar-refractivity contribution >= 4 is 11.9 Å². The van der Waals surface area contributed by atoms with Crippen molar-refractivity contribution in [3.8, 4) is 0 Å². The molecule has 0 amide bonds. The molecular formula is C12F22O5. The molecule has 0 aliphatic heterocycles. The molecule has 5 nitrogen and oxygen atoms in total. The first-order valence-corrected chi connectivity index (χ1v) is 7.79. The van der Waals surface area contributed by atoms with Crippen LogP contribution in [-0.4, -0.2) is 72.4 Å². The molecule has 0 rings (SSSR count). The molecule has 0 aromatic carbocycles. The highest BCUT2D eigenvalue weighted by atomic mass is 19.4. The Hall–Kier alpha value is -2.64. The zero-order valence-electron chi connectivity index (χ0n) is 16.4. The minimum atomic E-state index is -7.98. The van der Waals surface area contributed by atoms with Gasteiger partial charge >= 0.3 is 72.4 Å². The monoisotopic (exact) mass is 642 g/mol. The van der Waals surface area contributed by atoms with Crippen LogP contribution >= 0.6 is 0 Å². The van der Waals surface area contributed by atoms with Crippen molar-refractivity contribution in [1.82, 2.24) is 0 Å². The van der Waals surface area contributed by atoms with Crippen molar-refractivity contribution in [3.05, 3.63) is 0 Å². The molecule has 232 valence electrons. The fraction of sp³-hybridized carbons (Fsp3) is 0.833. The van der Waals surface area contributed by atoms with Crippen molar-refractivity contribution < 1.29 is 120 Å². The number of carbonyl (C=O) groups excluding carboxylic acids is 2. The van der Waals surface area contributed by atoms with Gasteiger partial charge in [-0.3, -0.25) is 0 Å². The predicted octanol–water partition coefficient (Wildman–Crippen LogP) is 6.13. The summed E-state index contributed by atoms with van der Waals surface area (Å²) in [7, 11) is 0. The normalized spacial score (nSPS) is 15.7. The van der Waals surface area contributed by atoms with E-state index in [0.717, 1.165) is 0 Å². The fourth-order valence-electron chi connectivity index (χ4n) is 1.46. The smallest absolute Gasteiger partial charge is 0.408 e. The minimum Gasteiger partial charge on any atom is -0.408 e. The van der Waals surface area contributed by atoms with Gasteiger partial charge in [-0.05, 0) is 0 Å². The number of rotatable bonds is 8. The number of ether oxygens (including phenoxy) is 3. The number of hydrogen-bond acceptors (Lipinski definition) is 5. The molecule has 0 radical (unpaired) electrons. The standard InChI is InChI=1S/C12F22O5/c13-3(14,1(35)37-5(17,7(19,20)21)8(22,23)24)11(31,32)39-12(33,34)4(15,16)2(36)38-6(18,9(25,26)27)10(28,29)30. The lowest BCUT2D eigenvalue weighted by Crippen LogP contribution is -2.63. The molecule has 0 aromatic rings. The van der Waals surface area contributed by atoms with E-state index in [1.165, 1.54) is 14.2 Å². The van der Waals surface area contributed by atoms with E-state index >= 15 is 0 Å².